The monoisotopic (exact) mass is 433 g/mol. The minimum atomic E-state index is -0.923. The Morgan fingerprint density at radius 2 is 1.75 bits per heavy atom. The zero-order valence-electron chi connectivity index (χ0n) is 17.8. The molecule has 1 atom stereocenters. The molecule has 164 valence electrons. The number of anilines is 1. The summed E-state index contributed by atoms with van der Waals surface area (Å²) >= 11 is 0. The lowest BCUT2D eigenvalue weighted by molar-refractivity contribution is -0.132. The number of hydrogen-bond donors (Lipinski definition) is 1. The first kappa shape index (κ1) is 21.2. The maximum absolute atomic E-state index is 13.1. The Morgan fingerprint density at radius 1 is 1.00 bits per heavy atom. The molecule has 0 radical (unpaired) electrons. The molecule has 1 aromatic heterocycles. The zero-order chi connectivity index (χ0) is 22.7. The van der Waals surface area contributed by atoms with E-state index in [1.54, 1.807) is 54.6 Å². The van der Waals surface area contributed by atoms with Gasteiger partial charge in [0.05, 0.1) is 30.6 Å². The lowest BCUT2D eigenvalue weighted by atomic mass is 9.98. The highest BCUT2D eigenvalue weighted by Crippen LogP contribution is 2.43. The van der Waals surface area contributed by atoms with Gasteiger partial charge in [0.25, 0.3) is 11.7 Å². The molecular formula is C25H23NO6. The number of carbonyl (C=O) groups is 2. The SMILES string of the molecule is CCOc1ccc(/C(O)=C2/C(=O)C(=O)N(c3ccccc3)C2c2ccco2)c(OCC)c1. The van der Waals surface area contributed by atoms with Crippen molar-refractivity contribution in [2.24, 2.45) is 0 Å². The van der Waals surface area contributed by atoms with Crippen molar-refractivity contribution < 1.29 is 28.6 Å². The fourth-order valence-corrected chi connectivity index (χ4v) is 3.78. The van der Waals surface area contributed by atoms with Crippen LogP contribution < -0.4 is 14.4 Å². The first-order chi connectivity index (χ1) is 15.6. The van der Waals surface area contributed by atoms with E-state index in [9.17, 15) is 14.7 Å². The van der Waals surface area contributed by atoms with E-state index >= 15 is 0 Å². The fourth-order valence-electron chi connectivity index (χ4n) is 3.78. The van der Waals surface area contributed by atoms with Crippen LogP contribution in [0.5, 0.6) is 11.5 Å². The molecule has 1 unspecified atom stereocenters. The van der Waals surface area contributed by atoms with Crippen LogP contribution in [0, 0.1) is 0 Å². The molecular weight excluding hydrogens is 410 g/mol. The maximum Gasteiger partial charge on any atom is 0.300 e. The number of aliphatic hydroxyl groups excluding tert-OH is 1. The van der Waals surface area contributed by atoms with E-state index < -0.39 is 17.7 Å². The number of ether oxygens (including phenoxy) is 2. The molecule has 1 aliphatic heterocycles. The number of benzene rings is 2. The van der Waals surface area contributed by atoms with Crippen molar-refractivity contribution >= 4 is 23.1 Å². The van der Waals surface area contributed by atoms with Crippen LogP contribution in [0.4, 0.5) is 5.69 Å². The molecule has 1 saturated heterocycles. The van der Waals surface area contributed by atoms with Crippen molar-refractivity contribution in [1.29, 1.82) is 0 Å². The molecule has 1 amide bonds. The topological polar surface area (TPSA) is 89.2 Å². The van der Waals surface area contributed by atoms with Gasteiger partial charge in [-0.1, -0.05) is 18.2 Å². The lowest BCUT2D eigenvalue weighted by Gasteiger charge is -2.23. The zero-order valence-corrected chi connectivity index (χ0v) is 17.8. The fraction of sp³-hybridized carbons (Fsp3) is 0.200. The Kier molecular flexibility index (Phi) is 5.98. The van der Waals surface area contributed by atoms with Crippen LogP contribution in [0.2, 0.25) is 0 Å². The van der Waals surface area contributed by atoms with Crippen molar-refractivity contribution in [1.82, 2.24) is 0 Å². The number of Topliss-reactive ketones (excluding diaryl/α,β-unsaturated/α-hetero) is 1. The molecule has 2 heterocycles. The third-order valence-corrected chi connectivity index (χ3v) is 5.11. The van der Waals surface area contributed by atoms with E-state index in [0.717, 1.165) is 0 Å². The summed E-state index contributed by atoms with van der Waals surface area (Å²) in [7, 11) is 0. The minimum absolute atomic E-state index is 0.0704. The minimum Gasteiger partial charge on any atom is -0.507 e. The van der Waals surface area contributed by atoms with Crippen LogP contribution in [0.3, 0.4) is 0 Å². The number of furan rings is 1. The molecule has 32 heavy (non-hydrogen) atoms. The van der Waals surface area contributed by atoms with Crippen LogP contribution >= 0.6 is 0 Å². The van der Waals surface area contributed by atoms with Crippen molar-refractivity contribution in [3.05, 3.63) is 83.8 Å². The van der Waals surface area contributed by atoms with E-state index in [2.05, 4.69) is 0 Å². The molecule has 7 heteroatoms. The standard InChI is InChI=1S/C25H23NO6/c1-3-30-17-12-13-18(20(15-17)31-4-2)23(27)21-22(19-11-8-14-32-19)26(25(29)24(21)28)16-9-6-5-7-10-16/h5-15,22,27H,3-4H2,1-2H3/b23-21-. The Hall–Kier alpha value is -4.00. The summed E-state index contributed by atoms with van der Waals surface area (Å²) in [6.45, 7) is 4.49. The van der Waals surface area contributed by atoms with Crippen molar-refractivity contribution in [3.8, 4) is 11.5 Å². The Morgan fingerprint density at radius 3 is 2.41 bits per heavy atom. The quantitative estimate of drug-likeness (QED) is 0.330. The molecule has 0 saturated carbocycles. The molecule has 2 aromatic carbocycles. The van der Waals surface area contributed by atoms with Gasteiger partial charge < -0.3 is 19.0 Å². The molecule has 1 N–H and O–H groups in total. The summed E-state index contributed by atoms with van der Waals surface area (Å²) in [6, 6.07) is 16.2. The van der Waals surface area contributed by atoms with Gasteiger partial charge in [-0.2, -0.15) is 0 Å². The third kappa shape index (κ3) is 3.73. The number of aliphatic hydroxyl groups is 1. The van der Waals surface area contributed by atoms with Gasteiger partial charge in [-0.25, -0.2) is 0 Å². The second kappa shape index (κ2) is 9.01. The number of carbonyl (C=O) groups excluding carboxylic acids is 2. The summed E-state index contributed by atoms with van der Waals surface area (Å²) in [5.74, 6) is -0.611. The number of nitrogens with zero attached hydrogens (tertiary/aromatic N) is 1. The second-order valence-corrected chi connectivity index (χ2v) is 7.04. The molecule has 7 nitrogen and oxygen atoms in total. The van der Waals surface area contributed by atoms with Crippen LogP contribution in [-0.2, 0) is 9.59 Å². The van der Waals surface area contributed by atoms with Gasteiger partial charge in [0.2, 0.25) is 0 Å². The molecule has 3 aromatic rings. The average Bonchev–Trinajstić information content (AvgIpc) is 3.42. The molecule has 0 spiro atoms. The van der Waals surface area contributed by atoms with Crippen molar-refractivity contribution in [2.45, 2.75) is 19.9 Å². The van der Waals surface area contributed by atoms with Crippen molar-refractivity contribution in [3.63, 3.8) is 0 Å². The normalized spacial score (nSPS) is 17.6. The number of rotatable bonds is 7. The molecule has 4 rings (SSSR count). The van der Waals surface area contributed by atoms with Gasteiger partial charge in [0.1, 0.15) is 29.1 Å². The molecule has 0 bridgehead atoms. The maximum atomic E-state index is 13.1. The third-order valence-electron chi connectivity index (χ3n) is 5.11. The summed E-state index contributed by atoms with van der Waals surface area (Å²) in [6.07, 6.45) is 1.46. The van der Waals surface area contributed by atoms with Gasteiger partial charge in [-0.05, 0) is 50.2 Å². The highest BCUT2D eigenvalue weighted by Gasteiger charge is 2.48. The summed E-state index contributed by atoms with van der Waals surface area (Å²) < 4.78 is 16.8. The highest BCUT2D eigenvalue weighted by atomic mass is 16.5. The predicted molar refractivity (Wildman–Crippen MR) is 119 cm³/mol. The predicted octanol–water partition coefficient (Wildman–Crippen LogP) is 4.70. The molecule has 1 fully saturated rings. The van der Waals surface area contributed by atoms with Gasteiger partial charge in [-0.3, -0.25) is 14.5 Å². The average molecular weight is 433 g/mol. The van der Waals surface area contributed by atoms with Crippen LogP contribution in [0.1, 0.15) is 31.2 Å². The van der Waals surface area contributed by atoms with Gasteiger partial charge >= 0.3 is 0 Å². The summed E-state index contributed by atoms with van der Waals surface area (Å²) in [4.78, 5) is 27.5. The van der Waals surface area contributed by atoms with E-state index in [-0.39, 0.29) is 16.9 Å². The number of para-hydroxylation sites is 1. The van der Waals surface area contributed by atoms with Gasteiger partial charge in [0, 0.05) is 11.8 Å². The first-order valence-corrected chi connectivity index (χ1v) is 10.4. The smallest absolute Gasteiger partial charge is 0.300 e. The van der Waals surface area contributed by atoms with E-state index in [1.807, 2.05) is 19.9 Å². The van der Waals surface area contributed by atoms with Gasteiger partial charge in [-0.15, -0.1) is 0 Å². The Bertz CT molecular complexity index is 1150. The van der Waals surface area contributed by atoms with E-state index in [4.69, 9.17) is 13.9 Å². The molecule has 0 aliphatic carbocycles. The Labute approximate surface area is 185 Å². The summed E-state index contributed by atoms with van der Waals surface area (Å²) in [5, 5.41) is 11.3. The number of hydrogen-bond acceptors (Lipinski definition) is 6. The number of ketones is 1. The van der Waals surface area contributed by atoms with Crippen molar-refractivity contribution in [2.75, 3.05) is 18.1 Å². The van der Waals surface area contributed by atoms with Crippen LogP contribution in [0.15, 0.2) is 76.9 Å². The Balaban J connectivity index is 1.90. The summed E-state index contributed by atoms with van der Waals surface area (Å²) in [5.41, 5.74) is 0.739. The lowest BCUT2D eigenvalue weighted by Crippen LogP contribution is -2.29. The highest BCUT2D eigenvalue weighted by molar-refractivity contribution is 6.51. The van der Waals surface area contributed by atoms with Gasteiger partial charge in [0.15, 0.2) is 0 Å². The largest absolute Gasteiger partial charge is 0.507 e. The molecule has 1 aliphatic rings. The first-order valence-electron chi connectivity index (χ1n) is 10.4. The van der Waals surface area contributed by atoms with E-state index in [0.29, 0.717) is 36.2 Å². The van der Waals surface area contributed by atoms with E-state index in [1.165, 1.54) is 11.2 Å². The van der Waals surface area contributed by atoms with Crippen LogP contribution in [0.25, 0.3) is 5.76 Å². The number of amides is 1. The second-order valence-electron chi connectivity index (χ2n) is 7.04. The van der Waals surface area contributed by atoms with Crippen LogP contribution in [-0.4, -0.2) is 30.0 Å².